The van der Waals surface area contributed by atoms with Crippen LogP contribution in [0.1, 0.15) is 32.6 Å². The molecule has 4 heteroatoms. The maximum absolute atomic E-state index is 12.8. The van der Waals surface area contributed by atoms with E-state index in [9.17, 15) is 9.59 Å². The lowest BCUT2D eigenvalue weighted by molar-refractivity contribution is -0.137. The Kier molecular flexibility index (Phi) is 2.81. The number of hydrogen-bond acceptors (Lipinski definition) is 2. The molecule has 19 heavy (non-hydrogen) atoms. The van der Waals surface area contributed by atoms with Gasteiger partial charge in [-0.3, -0.25) is 14.5 Å². The molecular formula is C15H18N2O2. The molecule has 1 atom stereocenters. The quantitative estimate of drug-likeness (QED) is 0.835. The van der Waals surface area contributed by atoms with Crippen LogP contribution in [0.5, 0.6) is 0 Å². The first-order valence-electron chi connectivity index (χ1n) is 6.85. The fraction of sp³-hybridized carbons (Fsp3) is 0.467. The Labute approximate surface area is 112 Å². The Bertz CT molecular complexity index is 506. The van der Waals surface area contributed by atoms with Crippen LogP contribution in [0.2, 0.25) is 0 Å². The summed E-state index contributed by atoms with van der Waals surface area (Å²) in [4.78, 5) is 26.7. The molecule has 1 N–H and O–H groups in total. The van der Waals surface area contributed by atoms with E-state index in [-0.39, 0.29) is 11.8 Å². The highest BCUT2D eigenvalue weighted by Crippen LogP contribution is 2.36. The summed E-state index contributed by atoms with van der Waals surface area (Å²) < 4.78 is 0. The van der Waals surface area contributed by atoms with E-state index in [1.165, 1.54) is 0 Å². The molecule has 2 aliphatic rings. The van der Waals surface area contributed by atoms with Gasteiger partial charge in [0.2, 0.25) is 5.91 Å². The van der Waals surface area contributed by atoms with Gasteiger partial charge in [0.1, 0.15) is 11.6 Å². The number of nitrogens with one attached hydrogen (secondary N) is 1. The molecule has 100 valence electrons. The van der Waals surface area contributed by atoms with Crippen molar-refractivity contribution in [2.24, 2.45) is 0 Å². The van der Waals surface area contributed by atoms with Crippen LogP contribution >= 0.6 is 0 Å². The lowest BCUT2D eigenvalue weighted by Crippen LogP contribution is -2.69. The molecule has 0 aromatic heterocycles. The summed E-state index contributed by atoms with van der Waals surface area (Å²) in [6.07, 6.45) is 3.52. The monoisotopic (exact) mass is 258 g/mol. The van der Waals surface area contributed by atoms with Crippen LogP contribution in [-0.4, -0.2) is 23.4 Å². The van der Waals surface area contributed by atoms with Crippen LogP contribution in [-0.2, 0) is 9.59 Å². The summed E-state index contributed by atoms with van der Waals surface area (Å²) in [5.74, 6) is -0.00588. The first-order valence-corrected chi connectivity index (χ1v) is 6.85. The third-order valence-corrected chi connectivity index (χ3v) is 4.25. The van der Waals surface area contributed by atoms with Gasteiger partial charge in [-0.25, -0.2) is 0 Å². The molecule has 1 spiro atoms. The first-order chi connectivity index (χ1) is 9.14. The topological polar surface area (TPSA) is 49.4 Å². The van der Waals surface area contributed by atoms with Gasteiger partial charge in [-0.05, 0) is 31.9 Å². The van der Waals surface area contributed by atoms with Gasteiger partial charge < -0.3 is 5.32 Å². The van der Waals surface area contributed by atoms with Crippen LogP contribution in [0.3, 0.4) is 0 Å². The predicted molar refractivity (Wildman–Crippen MR) is 72.7 cm³/mol. The maximum Gasteiger partial charge on any atom is 0.253 e. The van der Waals surface area contributed by atoms with Gasteiger partial charge in [0.25, 0.3) is 5.91 Å². The molecule has 1 saturated heterocycles. The summed E-state index contributed by atoms with van der Waals surface area (Å²) in [5.41, 5.74) is 0.153. The fourth-order valence-corrected chi connectivity index (χ4v) is 3.16. The Balaban J connectivity index is 2.01. The van der Waals surface area contributed by atoms with Gasteiger partial charge in [-0.2, -0.15) is 0 Å². The van der Waals surface area contributed by atoms with E-state index in [1.54, 1.807) is 11.8 Å². The zero-order valence-electron chi connectivity index (χ0n) is 11.1. The molecular weight excluding hydrogens is 240 g/mol. The third-order valence-electron chi connectivity index (χ3n) is 4.25. The first kappa shape index (κ1) is 12.2. The van der Waals surface area contributed by atoms with Crippen molar-refractivity contribution in [1.82, 2.24) is 5.32 Å². The molecule has 1 aliphatic carbocycles. The maximum atomic E-state index is 12.8. The summed E-state index contributed by atoms with van der Waals surface area (Å²) in [7, 11) is 0. The van der Waals surface area contributed by atoms with E-state index in [4.69, 9.17) is 0 Å². The molecule has 2 fully saturated rings. The Morgan fingerprint density at radius 3 is 2.42 bits per heavy atom. The van der Waals surface area contributed by atoms with Crippen LogP contribution in [0, 0.1) is 0 Å². The van der Waals surface area contributed by atoms with Gasteiger partial charge in [0.05, 0.1) is 0 Å². The van der Waals surface area contributed by atoms with Crippen LogP contribution in [0.25, 0.3) is 0 Å². The molecule has 1 aromatic rings. The minimum atomic E-state index is -0.653. The van der Waals surface area contributed by atoms with E-state index in [0.717, 1.165) is 31.4 Å². The number of benzene rings is 1. The highest BCUT2D eigenvalue weighted by Gasteiger charge is 2.51. The van der Waals surface area contributed by atoms with Crippen molar-refractivity contribution in [2.75, 3.05) is 4.90 Å². The predicted octanol–water partition coefficient (Wildman–Crippen LogP) is 1.85. The Morgan fingerprint density at radius 1 is 1.16 bits per heavy atom. The Hall–Kier alpha value is -1.84. The molecule has 1 aromatic carbocycles. The standard InChI is InChI=1S/C15H18N2O2/c1-11-13(18)16-15(9-5-6-10-15)14(19)17(11)12-7-3-2-4-8-12/h2-4,7-8,11H,5-6,9-10H2,1H3,(H,16,18). The van der Waals surface area contributed by atoms with Crippen molar-refractivity contribution in [1.29, 1.82) is 0 Å². The zero-order valence-corrected chi connectivity index (χ0v) is 11.1. The minimum Gasteiger partial charge on any atom is -0.340 e. The molecule has 1 unspecified atom stereocenters. The smallest absolute Gasteiger partial charge is 0.253 e. The van der Waals surface area contributed by atoms with Crippen molar-refractivity contribution in [3.63, 3.8) is 0 Å². The third kappa shape index (κ3) is 1.82. The molecule has 1 aliphatic heterocycles. The van der Waals surface area contributed by atoms with Gasteiger partial charge >= 0.3 is 0 Å². The van der Waals surface area contributed by atoms with Gasteiger partial charge in [0.15, 0.2) is 0 Å². The number of hydrogen-bond donors (Lipinski definition) is 1. The van der Waals surface area contributed by atoms with Gasteiger partial charge in [-0.1, -0.05) is 31.0 Å². The number of anilines is 1. The number of nitrogens with zero attached hydrogens (tertiary/aromatic N) is 1. The van der Waals surface area contributed by atoms with E-state index in [0.29, 0.717) is 0 Å². The summed E-state index contributed by atoms with van der Waals surface area (Å²) in [6, 6.07) is 9.02. The van der Waals surface area contributed by atoms with E-state index in [1.807, 2.05) is 30.3 Å². The second-order valence-corrected chi connectivity index (χ2v) is 5.47. The number of carbonyl (C=O) groups is 2. The lowest BCUT2D eigenvalue weighted by Gasteiger charge is -2.43. The zero-order chi connectivity index (χ0) is 13.5. The van der Waals surface area contributed by atoms with Crippen molar-refractivity contribution in [3.05, 3.63) is 30.3 Å². The van der Waals surface area contributed by atoms with Crippen molar-refractivity contribution in [3.8, 4) is 0 Å². The molecule has 1 saturated carbocycles. The molecule has 2 amide bonds. The molecule has 3 rings (SSSR count). The van der Waals surface area contributed by atoms with E-state index < -0.39 is 11.6 Å². The number of piperazine rings is 1. The number of amides is 2. The molecule has 0 radical (unpaired) electrons. The largest absolute Gasteiger partial charge is 0.340 e. The molecule has 0 bridgehead atoms. The highest BCUT2D eigenvalue weighted by molar-refractivity contribution is 6.10. The molecule has 1 heterocycles. The van der Waals surface area contributed by atoms with Gasteiger partial charge in [-0.15, -0.1) is 0 Å². The second-order valence-electron chi connectivity index (χ2n) is 5.47. The Morgan fingerprint density at radius 2 is 1.79 bits per heavy atom. The van der Waals surface area contributed by atoms with Crippen molar-refractivity contribution in [2.45, 2.75) is 44.2 Å². The van der Waals surface area contributed by atoms with Gasteiger partial charge in [0, 0.05) is 5.69 Å². The average molecular weight is 258 g/mol. The average Bonchev–Trinajstić information content (AvgIpc) is 2.88. The van der Waals surface area contributed by atoms with Crippen LogP contribution in [0.4, 0.5) is 5.69 Å². The SMILES string of the molecule is CC1C(=O)NC2(CCCC2)C(=O)N1c1ccccc1. The number of carbonyl (C=O) groups excluding carboxylic acids is 2. The summed E-state index contributed by atoms with van der Waals surface area (Å²) >= 11 is 0. The summed E-state index contributed by atoms with van der Waals surface area (Å²) in [6.45, 7) is 1.78. The van der Waals surface area contributed by atoms with E-state index in [2.05, 4.69) is 5.32 Å². The van der Waals surface area contributed by atoms with Crippen molar-refractivity contribution >= 4 is 17.5 Å². The van der Waals surface area contributed by atoms with Crippen LogP contribution in [0.15, 0.2) is 30.3 Å². The summed E-state index contributed by atoms with van der Waals surface area (Å²) in [5, 5.41) is 2.96. The molecule has 4 nitrogen and oxygen atoms in total. The normalized spacial score (nSPS) is 25.7. The van der Waals surface area contributed by atoms with E-state index >= 15 is 0 Å². The number of rotatable bonds is 1. The fourth-order valence-electron chi connectivity index (χ4n) is 3.16. The minimum absolute atomic E-state index is 0.0447. The number of para-hydroxylation sites is 1. The second kappa shape index (κ2) is 4.37. The lowest BCUT2D eigenvalue weighted by atomic mass is 9.90. The highest BCUT2D eigenvalue weighted by atomic mass is 16.2. The van der Waals surface area contributed by atoms with Crippen molar-refractivity contribution < 1.29 is 9.59 Å². The van der Waals surface area contributed by atoms with Crippen LogP contribution < -0.4 is 10.2 Å².